The van der Waals surface area contributed by atoms with E-state index in [4.69, 9.17) is 5.11 Å². The zero-order valence-corrected chi connectivity index (χ0v) is 13.7. The van der Waals surface area contributed by atoms with Gasteiger partial charge in [-0.2, -0.15) is 0 Å². The molecule has 0 bridgehead atoms. The molecule has 1 N–H and O–H groups in total. The first-order valence-corrected chi connectivity index (χ1v) is 7.93. The predicted octanol–water partition coefficient (Wildman–Crippen LogP) is 3.35. The normalized spacial score (nSPS) is 12.0. The van der Waals surface area contributed by atoms with E-state index in [1.54, 1.807) is 0 Å². The first-order chi connectivity index (χ1) is 9.76. The highest BCUT2D eigenvalue weighted by Crippen LogP contribution is 2.26. The minimum absolute atomic E-state index is 0.0117. The second-order valence-corrected chi connectivity index (χ2v) is 7.28. The predicted molar refractivity (Wildman–Crippen MR) is 84.7 cm³/mol. The van der Waals surface area contributed by atoms with Crippen molar-refractivity contribution in [2.75, 3.05) is 5.75 Å². The molecule has 0 amide bonds. The summed E-state index contributed by atoms with van der Waals surface area (Å²) in [7, 11) is 0. The van der Waals surface area contributed by atoms with Crippen molar-refractivity contribution in [1.29, 1.82) is 0 Å². The molecule has 2 heterocycles. The van der Waals surface area contributed by atoms with E-state index in [9.17, 15) is 4.79 Å². The fourth-order valence-electron chi connectivity index (χ4n) is 1.96. The van der Waals surface area contributed by atoms with Gasteiger partial charge >= 0.3 is 5.97 Å². The van der Waals surface area contributed by atoms with Gasteiger partial charge < -0.3 is 9.67 Å². The lowest BCUT2D eigenvalue weighted by Crippen LogP contribution is -2.12. The number of imidazole rings is 1. The summed E-state index contributed by atoms with van der Waals surface area (Å²) in [4.78, 5) is 19.9. The number of aliphatic carboxylic acids is 1. The molecule has 0 fully saturated rings. The number of carbonyl (C=O) groups is 1. The van der Waals surface area contributed by atoms with Crippen molar-refractivity contribution < 1.29 is 9.90 Å². The Bertz CT molecular complexity index is 659. The van der Waals surface area contributed by atoms with Gasteiger partial charge in [0.2, 0.25) is 0 Å². The quantitative estimate of drug-likeness (QED) is 0.858. The van der Waals surface area contributed by atoms with E-state index in [1.807, 2.05) is 23.6 Å². The number of rotatable bonds is 5. The molecule has 2 rings (SSSR count). The van der Waals surface area contributed by atoms with Gasteiger partial charge in [0.25, 0.3) is 0 Å². The van der Waals surface area contributed by atoms with Crippen molar-refractivity contribution in [2.24, 2.45) is 5.41 Å². The smallest absolute Gasteiger partial charge is 0.313 e. The van der Waals surface area contributed by atoms with E-state index in [0.717, 1.165) is 35.0 Å². The lowest BCUT2D eigenvalue weighted by Gasteiger charge is -2.19. The molecule has 0 aliphatic rings. The van der Waals surface area contributed by atoms with E-state index in [2.05, 4.69) is 30.7 Å². The molecular weight excluding hydrogens is 286 g/mol. The van der Waals surface area contributed by atoms with Crippen molar-refractivity contribution in [2.45, 2.75) is 45.8 Å². The Morgan fingerprint density at radius 1 is 1.33 bits per heavy atom. The Morgan fingerprint density at radius 3 is 2.67 bits per heavy atom. The largest absolute Gasteiger partial charge is 0.481 e. The van der Waals surface area contributed by atoms with Crippen LogP contribution in [0.5, 0.6) is 0 Å². The summed E-state index contributed by atoms with van der Waals surface area (Å²) < 4.78 is 2.04. The number of carboxylic acid groups (broad SMARTS) is 1. The summed E-state index contributed by atoms with van der Waals surface area (Å²) in [5.74, 6) is -0.823. The minimum atomic E-state index is -0.835. The maximum absolute atomic E-state index is 10.8. The van der Waals surface area contributed by atoms with E-state index in [-0.39, 0.29) is 11.2 Å². The summed E-state index contributed by atoms with van der Waals surface area (Å²) in [5, 5.41) is 9.60. The molecule has 0 spiro atoms. The molecule has 0 aliphatic carbocycles. The summed E-state index contributed by atoms with van der Waals surface area (Å²) in [5.41, 5.74) is 2.80. The monoisotopic (exact) mass is 307 g/mol. The summed E-state index contributed by atoms with van der Waals surface area (Å²) in [6, 6.07) is 3.87. The number of hydrogen-bond acceptors (Lipinski definition) is 4. The standard InChI is InChI=1S/C15H21N3O2S/c1-10-5-6-11-13(16-10)18(8-7-15(2,3)4)14(17-11)21-9-12(19)20/h5-6H,7-9H2,1-4H3,(H,19,20). The number of fused-ring (bicyclic) bond motifs is 1. The lowest BCUT2D eigenvalue weighted by molar-refractivity contribution is -0.133. The van der Waals surface area contributed by atoms with Crippen LogP contribution in [0.4, 0.5) is 0 Å². The van der Waals surface area contributed by atoms with Gasteiger partial charge in [0.05, 0.1) is 5.75 Å². The maximum atomic E-state index is 10.8. The van der Waals surface area contributed by atoms with Crippen LogP contribution in [-0.4, -0.2) is 31.4 Å². The molecule has 0 unspecified atom stereocenters. The number of aromatic nitrogens is 3. The Balaban J connectivity index is 2.38. The van der Waals surface area contributed by atoms with Gasteiger partial charge in [-0.3, -0.25) is 4.79 Å². The Hall–Kier alpha value is -1.56. The fourth-order valence-corrected chi connectivity index (χ4v) is 2.71. The van der Waals surface area contributed by atoms with Gasteiger partial charge in [-0.25, -0.2) is 9.97 Å². The average Bonchev–Trinajstić information content (AvgIpc) is 2.70. The van der Waals surface area contributed by atoms with Crippen LogP contribution in [0.2, 0.25) is 0 Å². The molecule has 0 saturated heterocycles. The van der Waals surface area contributed by atoms with Gasteiger partial charge in [-0.1, -0.05) is 32.5 Å². The van der Waals surface area contributed by atoms with Crippen LogP contribution in [0.1, 0.15) is 32.9 Å². The maximum Gasteiger partial charge on any atom is 0.313 e. The third kappa shape index (κ3) is 4.20. The number of aryl methyl sites for hydroxylation is 2. The van der Waals surface area contributed by atoms with Crippen LogP contribution in [0.15, 0.2) is 17.3 Å². The van der Waals surface area contributed by atoms with Crippen molar-refractivity contribution in [3.05, 3.63) is 17.8 Å². The van der Waals surface area contributed by atoms with Crippen LogP contribution in [0.25, 0.3) is 11.2 Å². The van der Waals surface area contributed by atoms with Crippen molar-refractivity contribution in [3.8, 4) is 0 Å². The summed E-state index contributed by atoms with van der Waals surface area (Å²) in [6.45, 7) is 9.31. The SMILES string of the molecule is Cc1ccc2nc(SCC(=O)O)n(CCC(C)(C)C)c2n1. The lowest BCUT2D eigenvalue weighted by atomic mass is 9.92. The van der Waals surface area contributed by atoms with E-state index in [0.29, 0.717) is 0 Å². The number of pyridine rings is 1. The molecule has 0 aromatic carbocycles. The second-order valence-electron chi connectivity index (χ2n) is 6.33. The van der Waals surface area contributed by atoms with Crippen molar-refractivity contribution in [3.63, 3.8) is 0 Å². The Morgan fingerprint density at radius 2 is 2.05 bits per heavy atom. The highest BCUT2D eigenvalue weighted by atomic mass is 32.2. The molecule has 114 valence electrons. The second kappa shape index (κ2) is 6.05. The van der Waals surface area contributed by atoms with Gasteiger partial charge in [0.15, 0.2) is 10.8 Å². The number of carboxylic acids is 1. The highest BCUT2D eigenvalue weighted by molar-refractivity contribution is 7.99. The van der Waals surface area contributed by atoms with Gasteiger partial charge in [-0.05, 0) is 30.9 Å². The first kappa shape index (κ1) is 15.8. The number of nitrogens with zero attached hydrogens (tertiary/aromatic N) is 3. The molecule has 0 radical (unpaired) electrons. The summed E-state index contributed by atoms with van der Waals surface area (Å²) >= 11 is 1.25. The molecule has 6 heteroatoms. The van der Waals surface area contributed by atoms with E-state index >= 15 is 0 Å². The third-order valence-corrected chi connectivity index (χ3v) is 4.07. The topological polar surface area (TPSA) is 68.0 Å². The van der Waals surface area contributed by atoms with Crippen LogP contribution in [0.3, 0.4) is 0 Å². The van der Waals surface area contributed by atoms with Crippen LogP contribution < -0.4 is 0 Å². The fraction of sp³-hybridized carbons (Fsp3) is 0.533. The Labute approximate surface area is 128 Å². The molecule has 0 aliphatic heterocycles. The highest BCUT2D eigenvalue weighted by Gasteiger charge is 2.17. The molecule has 5 nitrogen and oxygen atoms in total. The van der Waals surface area contributed by atoms with Gasteiger partial charge in [-0.15, -0.1) is 0 Å². The zero-order valence-electron chi connectivity index (χ0n) is 12.9. The average molecular weight is 307 g/mol. The van der Waals surface area contributed by atoms with Gasteiger partial charge in [0.1, 0.15) is 5.52 Å². The van der Waals surface area contributed by atoms with Crippen LogP contribution >= 0.6 is 11.8 Å². The summed E-state index contributed by atoms with van der Waals surface area (Å²) in [6.07, 6.45) is 0.981. The van der Waals surface area contributed by atoms with Crippen molar-refractivity contribution >= 4 is 28.9 Å². The van der Waals surface area contributed by atoms with E-state index < -0.39 is 5.97 Å². The molecule has 2 aromatic heterocycles. The molecular formula is C15H21N3O2S. The molecule has 2 aromatic rings. The molecule has 0 saturated carbocycles. The van der Waals surface area contributed by atoms with E-state index in [1.165, 1.54) is 11.8 Å². The number of hydrogen-bond donors (Lipinski definition) is 1. The zero-order chi connectivity index (χ0) is 15.6. The first-order valence-electron chi connectivity index (χ1n) is 6.95. The minimum Gasteiger partial charge on any atom is -0.481 e. The number of thioether (sulfide) groups is 1. The van der Waals surface area contributed by atoms with Crippen LogP contribution in [-0.2, 0) is 11.3 Å². The third-order valence-electron chi connectivity index (χ3n) is 3.11. The molecule has 0 atom stereocenters. The molecule has 21 heavy (non-hydrogen) atoms. The Kier molecular flexibility index (Phi) is 4.56. The van der Waals surface area contributed by atoms with Gasteiger partial charge in [0, 0.05) is 12.2 Å². The van der Waals surface area contributed by atoms with Crippen molar-refractivity contribution in [1.82, 2.24) is 14.5 Å². The van der Waals surface area contributed by atoms with Crippen LogP contribution in [0, 0.1) is 12.3 Å².